The summed E-state index contributed by atoms with van der Waals surface area (Å²) in [5, 5.41) is 10.8. The van der Waals surface area contributed by atoms with Gasteiger partial charge in [0.25, 0.3) is 5.91 Å². The van der Waals surface area contributed by atoms with Crippen molar-refractivity contribution in [1.29, 1.82) is 0 Å². The molecule has 0 radical (unpaired) electrons. The summed E-state index contributed by atoms with van der Waals surface area (Å²) in [6.45, 7) is 1.77. The lowest BCUT2D eigenvalue weighted by Crippen LogP contribution is -2.21. The van der Waals surface area contributed by atoms with Gasteiger partial charge in [-0.15, -0.1) is 0 Å². The Bertz CT molecular complexity index is 846. The van der Waals surface area contributed by atoms with Crippen molar-refractivity contribution < 1.29 is 14.2 Å². The standard InChI is InChI=1S/C17H14ClN3O3/c1-11-4-2-3-5-14(11)23-10-15(22)19-17-16(20-24-21-17)12-6-8-13(18)9-7-12/h2-9H,10H2,1H3,(H,19,21,22). The van der Waals surface area contributed by atoms with Crippen molar-refractivity contribution in [3.63, 3.8) is 0 Å². The molecular formula is C17H14ClN3O3. The van der Waals surface area contributed by atoms with Crippen LogP contribution in [0.4, 0.5) is 5.82 Å². The molecule has 3 aromatic rings. The van der Waals surface area contributed by atoms with Crippen LogP contribution in [-0.2, 0) is 4.79 Å². The first-order valence-corrected chi connectivity index (χ1v) is 7.58. The smallest absolute Gasteiger partial charge is 0.263 e. The van der Waals surface area contributed by atoms with Gasteiger partial charge in [-0.25, -0.2) is 4.63 Å². The molecular weight excluding hydrogens is 330 g/mol. The molecule has 0 atom stereocenters. The zero-order chi connectivity index (χ0) is 16.9. The summed E-state index contributed by atoms with van der Waals surface area (Å²) in [5.74, 6) is 0.531. The van der Waals surface area contributed by atoms with Gasteiger partial charge < -0.3 is 10.1 Å². The molecule has 0 saturated heterocycles. The average molecular weight is 344 g/mol. The van der Waals surface area contributed by atoms with Gasteiger partial charge in [0.05, 0.1) is 0 Å². The maximum Gasteiger partial charge on any atom is 0.263 e. The summed E-state index contributed by atoms with van der Waals surface area (Å²) in [7, 11) is 0. The first-order chi connectivity index (χ1) is 11.6. The third-order valence-electron chi connectivity index (χ3n) is 3.32. The maximum absolute atomic E-state index is 12.1. The number of nitrogens with one attached hydrogen (secondary N) is 1. The minimum atomic E-state index is -0.357. The predicted molar refractivity (Wildman–Crippen MR) is 90.0 cm³/mol. The third kappa shape index (κ3) is 3.72. The molecule has 6 nitrogen and oxygen atoms in total. The topological polar surface area (TPSA) is 77.2 Å². The fraction of sp³-hybridized carbons (Fsp3) is 0.118. The Hall–Kier alpha value is -2.86. The Morgan fingerprint density at radius 1 is 1.17 bits per heavy atom. The van der Waals surface area contributed by atoms with E-state index in [2.05, 4.69) is 15.6 Å². The average Bonchev–Trinajstić information content (AvgIpc) is 3.03. The molecule has 0 aliphatic carbocycles. The van der Waals surface area contributed by atoms with Crippen molar-refractivity contribution in [2.75, 3.05) is 11.9 Å². The molecule has 1 N–H and O–H groups in total. The minimum absolute atomic E-state index is 0.141. The van der Waals surface area contributed by atoms with Crippen molar-refractivity contribution in [2.24, 2.45) is 0 Å². The van der Waals surface area contributed by atoms with Crippen LogP contribution < -0.4 is 10.1 Å². The third-order valence-corrected chi connectivity index (χ3v) is 3.57. The molecule has 0 aliphatic rings. The second kappa shape index (κ2) is 7.14. The highest BCUT2D eigenvalue weighted by molar-refractivity contribution is 6.30. The van der Waals surface area contributed by atoms with Crippen molar-refractivity contribution in [3.8, 4) is 17.0 Å². The lowest BCUT2D eigenvalue weighted by molar-refractivity contribution is -0.118. The molecule has 3 rings (SSSR count). The molecule has 0 aliphatic heterocycles. The van der Waals surface area contributed by atoms with Crippen LogP contribution in [0, 0.1) is 6.92 Å². The van der Waals surface area contributed by atoms with Gasteiger partial charge in [0.2, 0.25) is 5.82 Å². The van der Waals surface area contributed by atoms with E-state index in [9.17, 15) is 4.79 Å². The van der Waals surface area contributed by atoms with Crippen LogP contribution in [0.5, 0.6) is 5.75 Å². The van der Waals surface area contributed by atoms with Gasteiger partial charge in [0, 0.05) is 10.6 Å². The Balaban J connectivity index is 1.66. The van der Waals surface area contributed by atoms with E-state index in [0.29, 0.717) is 16.5 Å². The van der Waals surface area contributed by atoms with Gasteiger partial charge in [-0.1, -0.05) is 41.9 Å². The Kier molecular flexibility index (Phi) is 4.77. The van der Waals surface area contributed by atoms with E-state index < -0.39 is 0 Å². The molecule has 0 fully saturated rings. The Labute approximate surface area is 143 Å². The molecule has 2 aromatic carbocycles. The fourth-order valence-corrected chi connectivity index (χ4v) is 2.22. The highest BCUT2D eigenvalue weighted by Gasteiger charge is 2.15. The molecule has 0 spiro atoms. The van der Waals surface area contributed by atoms with E-state index in [1.807, 2.05) is 25.1 Å². The Morgan fingerprint density at radius 2 is 1.92 bits per heavy atom. The van der Waals surface area contributed by atoms with Gasteiger partial charge in [0.1, 0.15) is 5.75 Å². The summed E-state index contributed by atoms with van der Waals surface area (Å²) in [5.41, 5.74) is 2.11. The van der Waals surface area contributed by atoms with Gasteiger partial charge in [-0.3, -0.25) is 4.79 Å². The number of carbonyl (C=O) groups is 1. The summed E-state index contributed by atoms with van der Waals surface area (Å²) in [6.07, 6.45) is 0. The van der Waals surface area contributed by atoms with Crippen LogP contribution in [0.15, 0.2) is 53.2 Å². The van der Waals surface area contributed by atoms with Gasteiger partial charge in [-0.2, -0.15) is 0 Å². The molecule has 1 heterocycles. The largest absolute Gasteiger partial charge is 0.483 e. The number of hydrogen-bond donors (Lipinski definition) is 1. The quantitative estimate of drug-likeness (QED) is 0.764. The van der Waals surface area contributed by atoms with E-state index in [1.54, 1.807) is 30.3 Å². The van der Waals surface area contributed by atoms with Gasteiger partial charge >= 0.3 is 0 Å². The van der Waals surface area contributed by atoms with Crippen LogP contribution in [0.25, 0.3) is 11.3 Å². The zero-order valence-electron chi connectivity index (χ0n) is 12.8. The number of anilines is 1. The number of benzene rings is 2. The molecule has 0 unspecified atom stereocenters. The second-order valence-corrected chi connectivity index (χ2v) is 5.51. The van der Waals surface area contributed by atoms with Crippen LogP contribution >= 0.6 is 11.6 Å². The molecule has 1 amide bonds. The van der Waals surface area contributed by atoms with E-state index in [1.165, 1.54) is 0 Å². The molecule has 0 saturated carbocycles. The minimum Gasteiger partial charge on any atom is -0.483 e. The number of carbonyl (C=O) groups excluding carboxylic acids is 1. The van der Waals surface area contributed by atoms with E-state index in [0.717, 1.165) is 11.1 Å². The second-order valence-electron chi connectivity index (χ2n) is 5.07. The fourth-order valence-electron chi connectivity index (χ4n) is 2.10. The lowest BCUT2D eigenvalue weighted by atomic mass is 10.1. The van der Waals surface area contributed by atoms with Crippen LogP contribution in [0.3, 0.4) is 0 Å². The summed E-state index contributed by atoms with van der Waals surface area (Å²) in [4.78, 5) is 12.1. The summed E-state index contributed by atoms with van der Waals surface area (Å²) >= 11 is 5.86. The van der Waals surface area contributed by atoms with Crippen LogP contribution in [-0.4, -0.2) is 22.8 Å². The number of hydrogen-bond acceptors (Lipinski definition) is 5. The monoisotopic (exact) mass is 343 g/mol. The number of amides is 1. The molecule has 0 bridgehead atoms. The van der Waals surface area contributed by atoms with Gasteiger partial charge in [0.15, 0.2) is 12.3 Å². The molecule has 1 aromatic heterocycles. The van der Waals surface area contributed by atoms with Crippen LogP contribution in [0.2, 0.25) is 5.02 Å². The highest BCUT2D eigenvalue weighted by atomic mass is 35.5. The number of ether oxygens (including phenoxy) is 1. The molecule has 7 heteroatoms. The summed E-state index contributed by atoms with van der Waals surface area (Å²) < 4.78 is 10.2. The van der Waals surface area contributed by atoms with Crippen molar-refractivity contribution in [3.05, 3.63) is 59.1 Å². The highest BCUT2D eigenvalue weighted by Crippen LogP contribution is 2.25. The van der Waals surface area contributed by atoms with Crippen LogP contribution in [0.1, 0.15) is 5.56 Å². The molecule has 122 valence electrons. The van der Waals surface area contributed by atoms with Crippen molar-refractivity contribution in [2.45, 2.75) is 6.92 Å². The normalized spacial score (nSPS) is 10.4. The first kappa shape index (κ1) is 16.0. The van der Waals surface area contributed by atoms with Crippen molar-refractivity contribution >= 4 is 23.3 Å². The first-order valence-electron chi connectivity index (χ1n) is 7.20. The summed E-state index contributed by atoms with van der Waals surface area (Å²) in [6, 6.07) is 14.4. The SMILES string of the molecule is Cc1ccccc1OCC(=O)Nc1nonc1-c1ccc(Cl)cc1. The van der Waals surface area contributed by atoms with E-state index >= 15 is 0 Å². The Morgan fingerprint density at radius 3 is 2.67 bits per heavy atom. The van der Waals surface area contributed by atoms with E-state index in [4.69, 9.17) is 21.0 Å². The lowest BCUT2D eigenvalue weighted by Gasteiger charge is -2.08. The predicted octanol–water partition coefficient (Wildman–Crippen LogP) is 3.72. The molecule has 24 heavy (non-hydrogen) atoms. The number of aryl methyl sites for hydroxylation is 1. The maximum atomic E-state index is 12.1. The number of nitrogens with zero attached hydrogens (tertiary/aromatic N) is 2. The van der Waals surface area contributed by atoms with E-state index in [-0.39, 0.29) is 18.3 Å². The zero-order valence-corrected chi connectivity index (χ0v) is 13.6. The number of aromatic nitrogens is 2. The van der Waals surface area contributed by atoms with Gasteiger partial charge in [-0.05, 0) is 41.0 Å². The van der Waals surface area contributed by atoms with Crippen molar-refractivity contribution in [1.82, 2.24) is 10.3 Å². The number of para-hydroxylation sites is 1. The number of rotatable bonds is 5. The number of halogens is 1.